The first-order chi connectivity index (χ1) is 10.3. The molecule has 1 aromatic heterocycles. The number of nitrogens with zero attached hydrogens (tertiary/aromatic N) is 2. The largest absolute Gasteiger partial charge is 0.356 e. The molecule has 2 heterocycles. The molecule has 0 aliphatic carbocycles. The number of aliphatic hydroxyl groups is 1. The van der Waals surface area contributed by atoms with Crippen molar-refractivity contribution in [2.75, 3.05) is 13.1 Å². The number of ether oxygens (including phenoxy) is 1. The second-order valence-corrected chi connectivity index (χ2v) is 7.71. The van der Waals surface area contributed by atoms with Crippen molar-refractivity contribution in [3.05, 3.63) is 30.1 Å². The third kappa shape index (κ3) is 5.35. The van der Waals surface area contributed by atoms with Crippen LogP contribution in [-0.4, -0.2) is 50.5 Å². The Kier molecular flexibility index (Phi) is 5.97. The van der Waals surface area contributed by atoms with Gasteiger partial charge in [-0.15, -0.1) is 0 Å². The fourth-order valence-electron chi connectivity index (χ4n) is 2.31. The minimum absolute atomic E-state index is 0.0901. The van der Waals surface area contributed by atoms with Gasteiger partial charge in [0.2, 0.25) is 11.5 Å². The molecule has 0 bridgehead atoms. The van der Waals surface area contributed by atoms with Gasteiger partial charge in [-0.3, -0.25) is 14.7 Å². The third-order valence-corrected chi connectivity index (χ3v) is 4.69. The lowest BCUT2D eigenvalue weighted by Crippen LogP contribution is -2.46. The summed E-state index contributed by atoms with van der Waals surface area (Å²) in [6.45, 7) is 7.24. The highest BCUT2D eigenvalue weighted by atomic mass is 32.2. The van der Waals surface area contributed by atoms with Gasteiger partial charge in [-0.1, -0.05) is 11.8 Å². The summed E-state index contributed by atoms with van der Waals surface area (Å²) >= 11 is 1.38. The van der Waals surface area contributed by atoms with Crippen molar-refractivity contribution >= 4 is 16.9 Å². The summed E-state index contributed by atoms with van der Waals surface area (Å²) in [7, 11) is 0. The molecule has 0 radical (unpaired) electrons. The highest BCUT2D eigenvalue weighted by Crippen LogP contribution is 2.27. The van der Waals surface area contributed by atoms with Gasteiger partial charge in [-0.25, -0.2) is 0 Å². The summed E-state index contributed by atoms with van der Waals surface area (Å²) < 4.78 is 5.56. The summed E-state index contributed by atoms with van der Waals surface area (Å²) in [6, 6.07) is 3.48. The van der Waals surface area contributed by atoms with Crippen molar-refractivity contribution in [3.63, 3.8) is 0 Å². The lowest BCUT2D eigenvalue weighted by molar-refractivity contribution is -0.241. The van der Waals surface area contributed by atoms with E-state index in [0.29, 0.717) is 10.8 Å². The van der Waals surface area contributed by atoms with Gasteiger partial charge in [0, 0.05) is 36.3 Å². The number of likely N-dealkylation sites (tertiary alicyclic amines) is 1. The molecule has 2 rings (SSSR count). The Balaban J connectivity index is 1.79. The number of rotatable bonds is 4. The number of hydrogen-bond acceptors (Lipinski definition) is 6. The minimum Gasteiger partial charge on any atom is -0.356 e. The average molecular weight is 324 g/mol. The van der Waals surface area contributed by atoms with Gasteiger partial charge >= 0.3 is 0 Å². The maximum absolute atomic E-state index is 12.2. The quantitative estimate of drug-likeness (QED) is 0.859. The number of hydrogen-bond donors (Lipinski definition) is 1. The number of carbonyl (C=O) groups excluding carboxylic acids is 1. The molecular formula is C16H24N2O3S. The maximum atomic E-state index is 12.2. The number of piperidine rings is 1. The molecule has 0 aromatic carbocycles. The van der Waals surface area contributed by atoms with Crippen LogP contribution in [0.5, 0.6) is 0 Å². The van der Waals surface area contributed by atoms with E-state index in [-0.39, 0.29) is 10.7 Å². The molecule has 1 atom stereocenters. The molecule has 1 unspecified atom stereocenters. The van der Waals surface area contributed by atoms with Gasteiger partial charge in [0.05, 0.1) is 5.60 Å². The molecule has 1 N–H and O–H groups in total. The number of carbonyl (C=O) groups is 1. The summed E-state index contributed by atoms with van der Waals surface area (Å²) in [4.78, 5) is 18.0. The second-order valence-electron chi connectivity index (χ2n) is 6.43. The van der Waals surface area contributed by atoms with Crippen LogP contribution in [0.3, 0.4) is 0 Å². The lowest BCUT2D eigenvalue weighted by atomic mass is 10.1. The number of thioether (sulfide) groups is 1. The van der Waals surface area contributed by atoms with E-state index in [0.717, 1.165) is 25.9 Å². The van der Waals surface area contributed by atoms with Gasteiger partial charge in [-0.05, 0) is 45.7 Å². The standard InChI is InChI=1S/C16H24N2O3S/c1-16(2,3)21-15(20)18-10-6-13(7-11-18)22-14(19)12-4-8-17-9-5-12/h4-5,8-9,13,15,20H,6-7,10-11H2,1-3H3. The Hall–Kier alpha value is -0.950. The van der Waals surface area contributed by atoms with Crippen LogP contribution in [0.1, 0.15) is 44.0 Å². The number of aromatic nitrogens is 1. The topological polar surface area (TPSA) is 62.7 Å². The molecule has 1 fully saturated rings. The molecule has 0 saturated carbocycles. The summed E-state index contributed by atoms with van der Waals surface area (Å²) in [6.07, 6.45) is 4.13. The van der Waals surface area contributed by atoms with E-state index >= 15 is 0 Å². The molecule has 122 valence electrons. The SMILES string of the molecule is CC(C)(C)OC(O)N1CCC(SC(=O)c2ccncc2)CC1. The molecule has 0 amide bonds. The van der Waals surface area contributed by atoms with Crippen LogP contribution in [0.4, 0.5) is 0 Å². The molecule has 1 aliphatic rings. The molecular weight excluding hydrogens is 300 g/mol. The molecule has 22 heavy (non-hydrogen) atoms. The predicted molar refractivity (Wildman–Crippen MR) is 87.6 cm³/mol. The molecule has 6 heteroatoms. The number of pyridine rings is 1. The molecule has 0 spiro atoms. The van der Waals surface area contributed by atoms with Crippen molar-refractivity contribution in [2.24, 2.45) is 0 Å². The summed E-state index contributed by atoms with van der Waals surface area (Å²) in [5, 5.41) is 10.5. The predicted octanol–water partition coefficient (Wildman–Crippen LogP) is 2.51. The first-order valence-corrected chi connectivity index (χ1v) is 8.44. The van der Waals surface area contributed by atoms with Crippen molar-refractivity contribution in [1.82, 2.24) is 9.88 Å². The van der Waals surface area contributed by atoms with Crippen LogP contribution in [0.2, 0.25) is 0 Å². The Bertz CT molecular complexity index is 482. The van der Waals surface area contributed by atoms with Crippen molar-refractivity contribution in [1.29, 1.82) is 0 Å². The fraction of sp³-hybridized carbons (Fsp3) is 0.625. The Morgan fingerprint density at radius 1 is 1.36 bits per heavy atom. The van der Waals surface area contributed by atoms with E-state index in [9.17, 15) is 9.90 Å². The zero-order chi connectivity index (χ0) is 16.2. The zero-order valence-corrected chi connectivity index (χ0v) is 14.2. The maximum Gasteiger partial charge on any atom is 0.219 e. The summed E-state index contributed by atoms with van der Waals surface area (Å²) in [5.41, 5.74) is 0.320. The molecule has 5 nitrogen and oxygen atoms in total. The monoisotopic (exact) mass is 324 g/mol. The summed E-state index contributed by atoms with van der Waals surface area (Å²) in [5.74, 6) is 0. The van der Waals surface area contributed by atoms with E-state index in [1.165, 1.54) is 11.8 Å². The third-order valence-electron chi connectivity index (χ3n) is 3.44. The number of aliphatic hydroxyl groups excluding tert-OH is 1. The van der Waals surface area contributed by atoms with Gasteiger partial charge in [0.15, 0.2) is 0 Å². The van der Waals surface area contributed by atoms with Crippen molar-refractivity contribution in [2.45, 2.75) is 50.9 Å². The zero-order valence-electron chi connectivity index (χ0n) is 13.4. The Morgan fingerprint density at radius 3 is 2.50 bits per heavy atom. The van der Waals surface area contributed by atoms with Crippen LogP contribution in [0, 0.1) is 0 Å². The van der Waals surface area contributed by atoms with Gasteiger partial charge in [-0.2, -0.15) is 0 Å². The van der Waals surface area contributed by atoms with Crippen LogP contribution in [-0.2, 0) is 4.74 Å². The van der Waals surface area contributed by atoms with Crippen molar-refractivity contribution in [3.8, 4) is 0 Å². The van der Waals surface area contributed by atoms with Gasteiger partial charge < -0.3 is 9.84 Å². The highest BCUT2D eigenvalue weighted by molar-refractivity contribution is 8.14. The van der Waals surface area contributed by atoms with E-state index in [1.54, 1.807) is 24.5 Å². The van der Waals surface area contributed by atoms with E-state index in [1.807, 2.05) is 25.7 Å². The fourth-order valence-corrected chi connectivity index (χ4v) is 3.33. The lowest BCUT2D eigenvalue weighted by Gasteiger charge is -2.36. The molecule has 1 aromatic rings. The van der Waals surface area contributed by atoms with Gasteiger partial charge in [0.1, 0.15) is 0 Å². The second kappa shape index (κ2) is 7.55. The van der Waals surface area contributed by atoms with E-state index < -0.39 is 6.41 Å². The van der Waals surface area contributed by atoms with E-state index in [4.69, 9.17) is 4.74 Å². The first kappa shape index (κ1) is 17.4. The van der Waals surface area contributed by atoms with Crippen LogP contribution in [0.25, 0.3) is 0 Å². The van der Waals surface area contributed by atoms with Crippen LogP contribution >= 0.6 is 11.8 Å². The normalized spacial score (nSPS) is 19.1. The highest BCUT2D eigenvalue weighted by Gasteiger charge is 2.28. The van der Waals surface area contributed by atoms with E-state index in [2.05, 4.69) is 4.98 Å². The molecule has 1 aliphatic heterocycles. The first-order valence-electron chi connectivity index (χ1n) is 7.56. The molecule has 1 saturated heterocycles. The van der Waals surface area contributed by atoms with Gasteiger partial charge in [0.25, 0.3) is 0 Å². The Labute approximate surface area is 136 Å². The van der Waals surface area contributed by atoms with Crippen molar-refractivity contribution < 1.29 is 14.6 Å². The average Bonchev–Trinajstić information content (AvgIpc) is 2.47. The van der Waals surface area contributed by atoms with Crippen LogP contribution < -0.4 is 0 Å². The van der Waals surface area contributed by atoms with Crippen LogP contribution in [0.15, 0.2) is 24.5 Å². The smallest absolute Gasteiger partial charge is 0.219 e. The Morgan fingerprint density at radius 2 is 1.95 bits per heavy atom. The minimum atomic E-state index is -0.873.